The fraction of sp³-hybridized carbons (Fsp3) is 0.250. The average molecular weight is 519 g/mol. The first-order valence-electron chi connectivity index (χ1n) is 11.8. The molecule has 1 unspecified atom stereocenters. The van der Waals surface area contributed by atoms with E-state index in [0.29, 0.717) is 48.0 Å². The molecule has 0 saturated carbocycles. The lowest BCUT2D eigenvalue weighted by Crippen LogP contribution is -2.68. The molecule has 1 aromatic heterocycles. The summed E-state index contributed by atoms with van der Waals surface area (Å²) in [5.74, 6) is 0.248. The number of piperidine rings is 1. The number of oxime groups is 1. The first kappa shape index (κ1) is 23.0. The zero-order valence-corrected chi connectivity index (χ0v) is 20.9. The van der Waals surface area contributed by atoms with Crippen LogP contribution in [0.25, 0.3) is 6.08 Å². The molecule has 0 aliphatic carbocycles. The van der Waals surface area contributed by atoms with Gasteiger partial charge in [0.25, 0.3) is 0 Å². The van der Waals surface area contributed by atoms with Crippen LogP contribution in [0, 0.1) is 0 Å². The van der Waals surface area contributed by atoms with Crippen molar-refractivity contribution in [3.63, 3.8) is 0 Å². The van der Waals surface area contributed by atoms with Gasteiger partial charge in [0.15, 0.2) is 5.60 Å². The number of amides is 1. The van der Waals surface area contributed by atoms with Gasteiger partial charge in [0.05, 0.1) is 11.3 Å². The highest BCUT2D eigenvalue weighted by Crippen LogP contribution is 2.51. The summed E-state index contributed by atoms with van der Waals surface area (Å²) in [4.78, 5) is 35.9. The average Bonchev–Trinajstić information content (AvgIpc) is 3.60. The molecule has 1 saturated heterocycles. The highest BCUT2D eigenvalue weighted by molar-refractivity contribution is 7.10. The molecule has 0 bridgehead atoms. The number of ketones is 1. The Bertz CT molecular complexity index is 1380. The molecule has 2 spiro atoms. The van der Waals surface area contributed by atoms with Crippen LogP contribution in [0.4, 0.5) is 0 Å². The fourth-order valence-corrected chi connectivity index (χ4v) is 6.10. The number of thiophene rings is 1. The van der Waals surface area contributed by atoms with Crippen molar-refractivity contribution in [2.24, 2.45) is 5.16 Å². The maximum absolute atomic E-state index is 14.1. The number of Topliss-reactive ketones (excluding diaryl/α,β-unsaturated/α-hetero) is 1. The summed E-state index contributed by atoms with van der Waals surface area (Å²) in [6.07, 6.45) is 4.61. The minimum absolute atomic E-state index is 0.0600. The normalized spacial score (nSPS) is 22.4. The number of nitrogens with zero attached hydrogens (tertiary/aromatic N) is 2. The largest absolute Gasteiger partial charge is 0.482 e. The van der Waals surface area contributed by atoms with Crippen molar-refractivity contribution in [3.8, 4) is 5.75 Å². The number of fused-ring (bicyclic) bond motifs is 2. The van der Waals surface area contributed by atoms with Gasteiger partial charge in [0.1, 0.15) is 5.75 Å². The number of benzene rings is 2. The summed E-state index contributed by atoms with van der Waals surface area (Å²) < 4.78 is 6.62. The predicted octanol–water partition coefficient (Wildman–Crippen LogP) is 5.61. The summed E-state index contributed by atoms with van der Waals surface area (Å²) in [6, 6.07) is 18.7. The maximum Gasteiger partial charge on any atom is 0.246 e. The van der Waals surface area contributed by atoms with Crippen molar-refractivity contribution in [1.29, 1.82) is 0 Å². The molecule has 8 heteroatoms. The highest BCUT2D eigenvalue weighted by atomic mass is 35.5. The molecule has 0 N–H and O–H groups in total. The van der Waals surface area contributed by atoms with Crippen molar-refractivity contribution in [3.05, 3.63) is 93.1 Å². The van der Waals surface area contributed by atoms with E-state index in [1.807, 2.05) is 53.9 Å². The molecule has 36 heavy (non-hydrogen) atoms. The number of hydrogen-bond acceptors (Lipinski definition) is 6. The van der Waals surface area contributed by atoms with Crippen molar-refractivity contribution < 1.29 is 19.2 Å². The first-order valence-corrected chi connectivity index (χ1v) is 13.1. The van der Waals surface area contributed by atoms with E-state index in [9.17, 15) is 9.59 Å². The highest BCUT2D eigenvalue weighted by Gasteiger charge is 2.67. The number of hydrogen-bond donors (Lipinski definition) is 0. The number of carbonyl (C=O) groups excluding carboxylic acids is 2. The number of carbonyl (C=O) groups is 2. The maximum atomic E-state index is 14.1. The third kappa shape index (κ3) is 3.74. The van der Waals surface area contributed by atoms with Crippen molar-refractivity contribution in [2.75, 3.05) is 13.1 Å². The van der Waals surface area contributed by atoms with Crippen LogP contribution in [-0.4, -0.2) is 46.6 Å². The second-order valence-corrected chi connectivity index (χ2v) is 10.7. The Labute approximate surface area is 217 Å². The number of halogens is 1. The first-order chi connectivity index (χ1) is 17.5. The lowest BCUT2D eigenvalue weighted by Gasteiger charge is -2.51. The number of rotatable bonds is 3. The third-order valence-corrected chi connectivity index (χ3v) is 8.32. The molecule has 182 valence electrons. The van der Waals surface area contributed by atoms with E-state index in [2.05, 4.69) is 5.16 Å². The third-order valence-electron chi connectivity index (χ3n) is 7.25. The molecule has 0 radical (unpaired) electrons. The summed E-state index contributed by atoms with van der Waals surface area (Å²) in [7, 11) is 0. The Morgan fingerprint density at radius 2 is 1.89 bits per heavy atom. The van der Waals surface area contributed by atoms with Gasteiger partial charge in [-0.1, -0.05) is 53.2 Å². The van der Waals surface area contributed by atoms with E-state index >= 15 is 0 Å². The monoisotopic (exact) mass is 518 g/mol. The summed E-state index contributed by atoms with van der Waals surface area (Å²) >= 11 is 7.81. The fourth-order valence-electron chi connectivity index (χ4n) is 5.31. The molecule has 2 aromatic carbocycles. The Kier molecular flexibility index (Phi) is 5.69. The Morgan fingerprint density at radius 3 is 2.64 bits per heavy atom. The molecule has 4 heterocycles. The van der Waals surface area contributed by atoms with Gasteiger partial charge < -0.3 is 14.5 Å². The number of likely N-dealkylation sites (tertiary alicyclic amines) is 1. The summed E-state index contributed by atoms with van der Waals surface area (Å²) in [5.41, 5.74) is -0.276. The van der Waals surface area contributed by atoms with E-state index in [1.165, 1.54) is 0 Å². The van der Waals surface area contributed by atoms with E-state index in [1.54, 1.807) is 40.5 Å². The SMILES string of the molecule is O=C(C=Cc1cccs1)N1CCC2(CC1)Oc1ccc(Cl)cc1C(=O)C21CC(c2ccccc2)=NO1. The van der Waals surface area contributed by atoms with Crippen LogP contribution in [0.2, 0.25) is 5.02 Å². The van der Waals surface area contributed by atoms with Gasteiger partial charge in [0.2, 0.25) is 17.3 Å². The summed E-state index contributed by atoms with van der Waals surface area (Å²) in [5, 5.41) is 6.81. The van der Waals surface area contributed by atoms with E-state index in [-0.39, 0.29) is 18.1 Å². The van der Waals surface area contributed by atoms with Gasteiger partial charge in [-0.2, -0.15) is 0 Å². The van der Waals surface area contributed by atoms with Crippen LogP contribution < -0.4 is 4.74 Å². The zero-order chi connectivity index (χ0) is 24.8. The van der Waals surface area contributed by atoms with Gasteiger partial charge in [-0.3, -0.25) is 9.59 Å². The summed E-state index contributed by atoms with van der Waals surface area (Å²) in [6.45, 7) is 0.880. The Morgan fingerprint density at radius 1 is 1.08 bits per heavy atom. The van der Waals surface area contributed by atoms with E-state index in [4.69, 9.17) is 21.2 Å². The smallest absolute Gasteiger partial charge is 0.246 e. The van der Waals surface area contributed by atoms with Gasteiger partial charge in [-0.15, -0.1) is 11.3 Å². The lowest BCUT2D eigenvalue weighted by atomic mass is 9.67. The molecule has 6 nitrogen and oxygen atoms in total. The molecular formula is C28H23ClN2O4S. The molecule has 1 fully saturated rings. The van der Waals surface area contributed by atoms with Gasteiger partial charge in [0, 0.05) is 48.3 Å². The standard InChI is InChI=1S/C28H23ClN2O4S/c29-20-8-10-24-22(17-20)26(33)28(18-23(30-35-28)19-5-2-1-3-6-19)27(34-24)12-14-31(15-13-27)25(32)11-9-21-7-4-16-36-21/h1-11,16-17H,12-15,18H2. The van der Waals surface area contributed by atoms with Crippen molar-refractivity contribution in [2.45, 2.75) is 30.5 Å². The minimum atomic E-state index is -1.32. The molecule has 1 atom stereocenters. The predicted molar refractivity (Wildman–Crippen MR) is 140 cm³/mol. The quantitative estimate of drug-likeness (QED) is 0.422. The Hall–Kier alpha value is -3.42. The molecule has 6 rings (SSSR count). The second-order valence-electron chi connectivity index (χ2n) is 9.24. The molecule has 3 aliphatic rings. The zero-order valence-electron chi connectivity index (χ0n) is 19.4. The number of ether oxygens (including phenoxy) is 1. The minimum Gasteiger partial charge on any atom is -0.482 e. The van der Waals surface area contributed by atoms with E-state index < -0.39 is 11.2 Å². The lowest BCUT2D eigenvalue weighted by molar-refractivity contribution is -0.161. The van der Waals surface area contributed by atoms with Crippen LogP contribution in [0.3, 0.4) is 0 Å². The van der Waals surface area contributed by atoms with Gasteiger partial charge >= 0.3 is 0 Å². The van der Waals surface area contributed by atoms with Crippen LogP contribution in [0.5, 0.6) is 5.75 Å². The van der Waals surface area contributed by atoms with Crippen molar-refractivity contribution >= 4 is 46.4 Å². The van der Waals surface area contributed by atoms with Crippen LogP contribution in [0.15, 0.2) is 77.3 Å². The van der Waals surface area contributed by atoms with Crippen molar-refractivity contribution in [1.82, 2.24) is 4.90 Å². The van der Waals surface area contributed by atoms with Gasteiger partial charge in [-0.25, -0.2) is 0 Å². The van der Waals surface area contributed by atoms with Crippen LogP contribution in [-0.2, 0) is 9.63 Å². The molecule has 1 amide bonds. The molecule has 3 aliphatic heterocycles. The van der Waals surface area contributed by atoms with Crippen LogP contribution >= 0.6 is 22.9 Å². The molecular weight excluding hydrogens is 496 g/mol. The van der Waals surface area contributed by atoms with Crippen LogP contribution in [0.1, 0.15) is 40.1 Å². The molecule has 3 aromatic rings. The Balaban J connectivity index is 1.30. The topological polar surface area (TPSA) is 68.2 Å². The van der Waals surface area contributed by atoms with Gasteiger partial charge in [-0.05, 0) is 41.3 Å². The van der Waals surface area contributed by atoms with E-state index in [0.717, 1.165) is 10.4 Å². The second kappa shape index (κ2) is 8.91.